The number of thiophene rings is 1. The minimum absolute atomic E-state index is 0.0122. The predicted molar refractivity (Wildman–Crippen MR) is 322 cm³/mol. The molecule has 13 rings (SSSR count). The molecule has 11 aromatic rings. The SMILES string of the molecule is Cc1cc(C(C)(C)C)ccc1N(c1ccc2c(c1)N(c1cccc3c1oc1ccccc13)c1cc(C(C)(C)C)cc3c1B2c1cc(C(C)(C)C)cc2c4c5ccccc5sc4n-3c12)c1ccc(C(C)(C)C)cc1C. The van der Waals surface area contributed by atoms with Crippen LogP contribution in [-0.4, -0.2) is 11.3 Å². The van der Waals surface area contributed by atoms with Crippen LogP contribution in [0.3, 0.4) is 0 Å². The maximum Gasteiger partial charge on any atom is 0.252 e. The van der Waals surface area contributed by atoms with Crippen LogP contribution in [0.2, 0.25) is 0 Å². The third-order valence-electron chi connectivity index (χ3n) is 16.4. The van der Waals surface area contributed by atoms with E-state index < -0.39 is 0 Å². The molecular formula is C68H66BN3OS. The standard InChI is InChI=1S/C68H66BN3OS/c1-39-32-41(65(3,4)5)26-30-52(39)70(53-31-27-42(33-40(53)2)66(6,7)8)45-28-29-50-55(38-45)71(54-23-19-22-47-46-20-15-17-24-58(46)73-63(47)54)56-36-44(68(12,13)14)37-57-61(56)69(50)51-35-43(67(9,10)11)34-49-60-48-21-16-18-25-59(48)74-64(60)72(57)62(49)51/h15-38H,1-14H3. The number of fused-ring (bicyclic) bond motifs is 12. The van der Waals surface area contributed by atoms with Gasteiger partial charge in [-0.15, -0.1) is 11.3 Å². The topological polar surface area (TPSA) is 24.6 Å². The molecule has 0 saturated carbocycles. The molecule has 0 aliphatic carbocycles. The normalized spacial score (nSPS) is 13.8. The van der Waals surface area contributed by atoms with Crippen molar-refractivity contribution >= 4 is 122 Å². The van der Waals surface area contributed by atoms with Crippen LogP contribution in [0.15, 0.2) is 150 Å². The lowest BCUT2D eigenvalue weighted by Crippen LogP contribution is -2.60. The molecule has 0 radical (unpaired) electrons. The summed E-state index contributed by atoms with van der Waals surface area (Å²) >= 11 is 1.93. The Labute approximate surface area is 441 Å². The van der Waals surface area contributed by atoms with E-state index in [1.807, 2.05) is 11.3 Å². The van der Waals surface area contributed by atoms with Crippen molar-refractivity contribution in [2.24, 2.45) is 0 Å². The van der Waals surface area contributed by atoms with Crippen molar-refractivity contribution in [3.63, 3.8) is 0 Å². The fourth-order valence-corrected chi connectivity index (χ4v) is 13.5. The first-order valence-corrected chi connectivity index (χ1v) is 27.4. The Balaban J connectivity index is 1.18. The van der Waals surface area contributed by atoms with E-state index >= 15 is 0 Å². The lowest BCUT2D eigenvalue weighted by Gasteiger charge is -2.42. The zero-order chi connectivity index (χ0) is 51.7. The summed E-state index contributed by atoms with van der Waals surface area (Å²) < 4.78 is 11.0. The monoisotopic (exact) mass is 984 g/mol. The van der Waals surface area contributed by atoms with E-state index in [1.165, 1.54) is 104 Å². The number of rotatable bonds is 4. The third-order valence-corrected chi connectivity index (χ3v) is 17.6. The van der Waals surface area contributed by atoms with Gasteiger partial charge in [0, 0.05) is 65.8 Å². The average Bonchev–Trinajstić information content (AvgIpc) is 4.02. The molecule has 3 aromatic heterocycles. The van der Waals surface area contributed by atoms with E-state index in [9.17, 15) is 0 Å². The van der Waals surface area contributed by atoms with Crippen LogP contribution in [0.5, 0.6) is 0 Å². The highest BCUT2D eigenvalue weighted by Crippen LogP contribution is 2.51. The van der Waals surface area contributed by atoms with Gasteiger partial charge in [-0.25, -0.2) is 0 Å². The van der Waals surface area contributed by atoms with E-state index in [2.05, 4.69) is 257 Å². The fraction of sp³-hybridized carbons (Fsp3) is 0.265. The first-order valence-electron chi connectivity index (χ1n) is 26.6. The fourth-order valence-electron chi connectivity index (χ4n) is 12.3. The molecule has 5 heterocycles. The summed E-state index contributed by atoms with van der Waals surface area (Å²) in [5.41, 5.74) is 22.8. The highest BCUT2D eigenvalue weighted by Gasteiger charge is 2.45. The molecule has 0 bridgehead atoms. The summed E-state index contributed by atoms with van der Waals surface area (Å²) in [6.45, 7) is 32.6. The Morgan fingerprint density at radius 2 is 1.07 bits per heavy atom. The van der Waals surface area contributed by atoms with Crippen LogP contribution in [0, 0.1) is 13.8 Å². The zero-order valence-corrected chi connectivity index (χ0v) is 46.4. The highest BCUT2D eigenvalue weighted by molar-refractivity contribution is 7.26. The molecule has 8 aromatic carbocycles. The second-order valence-electron chi connectivity index (χ2n) is 25.6. The van der Waals surface area contributed by atoms with Crippen LogP contribution >= 0.6 is 11.3 Å². The number of furan rings is 1. The summed E-state index contributed by atoms with van der Waals surface area (Å²) in [5, 5.41) is 6.27. The smallest absolute Gasteiger partial charge is 0.252 e. The molecule has 0 spiro atoms. The Kier molecular flexibility index (Phi) is 9.95. The molecule has 2 aliphatic heterocycles. The molecule has 4 nitrogen and oxygen atoms in total. The molecule has 0 N–H and O–H groups in total. The van der Waals surface area contributed by atoms with Gasteiger partial charge < -0.3 is 18.8 Å². The quantitative estimate of drug-likeness (QED) is 0.164. The Hall–Kier alpha value is -7.02. The van der Waals surface area contributed by atoms with Crippen molar-refractivity contribution in [1.82, 2.24) is 4.57 Å². The van der Waals surface area contributed by atoms with Crippen molar-refractivity contribution < 1.29 is 4.42 Å². The summed E-state index contributed by atoms with van der Waals surface area (Å²) in [4.78, 5) is 6.42. The van der Waals surface area contributed by atoms with Gasteiger partial charge in [-0.2, -0.15) is 0 Å². The maximum atomic E-state index is 7.07. The second kappa shape index (κ2) is 15.8. The van der Waals surface area contributed by atoms with Gasteiger partial charge in [0.2, 0.25) is 0 Å². The van der Waals surface area contributed by atoms with Crippen molar-refractivity contribution in [1.29, 1.82) is 0 Å². The van der Waals surface area contributed by atoms with E-state index in [0.29, 0.717) is 0 Å². The zero-order valence-electron chi connectivity index (χ0n) is 45.6. The number of aromatic nitrogens is 1. The van der Waals surface area contributed by atoms with E-state index in [0.717, 1.165) is 39.0 Å². The molecule has 0 saturated heterocycles. The van der Waals surface area contributed by atoms with Gasteiger partial charge in [0.1, 0.15) is 10.4 Å². The average molecular weight is 984 g/mol. The number of para-hydroxylation sites is 2. The predicted octanol–water partition coefficient (Wildman–Crippen LogP) is 17.8. The molecular weight excluding hydrogens is 918 g/mol. The lowest BCUT2D eigenvalue weighted by atomic mass is 9.33. The van der Waals surface area contributed by atoms with Crippen LogP contribution in [-0.2, 0) is 21.7 Å². The maximum absolute atomic E-state index is 7.07. The molecule has 2 aliphatic rings. The Bertz CT molecular complexity index is 4110. The summed E-state index contributed by atoms with van der Waals surface area (Å²) in [7, 11) is 0. The molecule has 6 heteroatoms. The lowest BCUT2D eigenvalue weighted by molar-refractivity contribution is 0.589. The van der Waals surface area contributed by atoms with Gasteiger partial charge in [-0.1, -0.05) is 168 Å². The number of anilines is 6. The number of hydrogen-bond acceptors (Lipinski definition) is 4. The molecule has 0 unspecified atom stereocenters. The van der Waals surface area contributed by atoms with Crippen LogP contribution in [0.1, 0.15) is 116 Å². The van der Waals surface area contributed by atoms with Crippen LogP contribution in [0.25, 0.3) is 58.8 Å². The number of hydrogen-bond donors (Lipinski definition) is 0. The van der Waals surface area contributed by atoms with Gasteiger partial charge in [0.05, 0.1) is 11.2 Å². The third kappa shape index (κ3) is 6.93. The van der Waals surface area contributed by atoms with Crippen molar-refractivity contribution in [2.75, 3.05) is 9.80 Å². The molecule has 0 atom stereocenters. The number of nitrogens with zero attached hydrogens (tertiary/aromatic N) is 3. The number of benzene rings is 8. The van der Waals surface area contributed by atoms with Gasteiger partial charge in [0.25, 0.3) is 6.71 Å². The van der Waals surface area contributed by atoms with Crippen molar-refractivity contribution in [2.45, 2.75) is 119 Å². The van der Waals surface area contributed by atoms with Crippen molar-refractivity contribution in [3.8, 4) is 5.69 Å². The van der Waals surface area contributed by atoms with Gasteiger partial charge >= 0.3 is 0 Å². The summed E-state index contributed by atoms with van der Waals surface area (Å²) in [6.07, 6.45) is 0. The number of aryl methyl sites for hydroxylation is 2. The Morgan fingerprint density at radius 3 is 1.72 bits per heavy atom. The summed E-state index contributed by atoms with van der Waals surface area (Å²) in [5.74, 6) is 0. The Morgan fingerprint density at radius 1 is 0.473 bits per heavy atom. The van der Waals surface area contributed by atoms with Gasteiger partial charge in [-0.05, 0) is 146 Å². The van der Waals surface area contributed by atoms with Gasteiger partial charge in [-0.3, -0.25) is 0 Å². The van der Waals surface area contributed by atoms with Crippen molar-refractivity contribution in [3.05, 3.63) is 179 Å². The molecule has 368 valence electrons. The van der Waals surface area contributed by atoms with Gasteiger partial charge in [0.15, 0.2) is 5.58 Å². The summed E-state index contributed by atoms with van der Waals surface area (Å²) in [6, 6.07) is 56.0. The van der Waals surface area contributed by atoms with E-state index in [-0.39, 0.29) is 28.4 Å². The second-order valence-corrected chi connectivity index (χ2v) is 26.6. The van der Waals surface area contributed by atoms with Crippen LogP contribution < -0.4 is 26.2 Å². The first kappa shape index (κ1) is 46.7. The minimum atomic E-state index is -0.160. The molecule has 74 heavy (non-hydrogen) atoms. The van der Waals surface area contributed by atoms with E-state index in [1.54, 1.807) is 0 Å². The highest BCUT2D eigenvalue weighted by atomic mass is 32.1. The minimum Gasteiger partial charge on any atom is -0.454 e. The first-order chi connectivity index (χ1) is 35.1. The van der Waals surface area contributed by atoms with Crippen LogP contribution in [0.4, 0.5) is 34.1 Å². The largest absolute Gasteiger partial charge is 0.454 e. The molecule has 0 amide bonds. The van der Waals surface area contributed by atoms with E-state index in [4.69, 9.17) is 4.42 Å². The molecule has 0 fully saturated rings.